The van der Waals surface area contributed by atoms with Gasteiger partial charge in [-0.05, 0) is 97.0 Å². The van der Waals surface area contributed by atoms with E-state index in [2.05, 4.69) is 85.2 Å². The Labute approximate surface area is 199 Å². The van der Waals surface area contributed by atoms with Crippen molar-refractivity contribution in [2.24, 2.45) is 5.92 Å². The molecule has 1 aliphatic heterocycles. The van der Waals surface area contributed by atoms with E-state index in [1.165, 1.54) is 36.0 Å². The zero-order valence-corrected chi connectivity index (χ0v) is 24.2. The van der Waals surface area contributed by atoms with Crippen LogP contribution >= 0.6 is 0 Å². The summed E-state index contributed by atoms with van der Waals surface area (Å²) >= 11 is 0. The Morgan fingerprint density at radius 2 is 1.72 bits per heavy atom. The number of rotatable bonds is 8. The van der Waals surface area contributed by atoms with Gasteiger partial charge < -0.3 is 13.6 Å². The van der Waals surface area contributed by atoms with E-state index >= 15 is 0 Å². The van der Waals surface area contributed by atoms with Crippen LogP contribution in [0.3, 0.4) is 0 Å². The molecule has 1 aromatic carbocycles. The molecule has 180 valence electrons. The first kappa shape index (κ1) is 25.6. The summed E-state index contributed by atoms with van der Waals surface area (Å²) in [7, 11) is -3.49. The van der Waals surface area contributed by atoms with Crippen molar-refractivity contribution in [2.45, 2.75) is 117 Å². The molecule has 3 nitrogen and oxygen atoms in total. The van der Waals surface area contributed by atoms with Crippen molar-refractivity contribution >= 4 is 16.6 Å². The normalized spacial score (nSPS) is 24.8. The highest BCUT2D eigenvalue weighted by Gasteiger charge is 2.51. The monoisotopic (exact) mass is 474 g/mol. The predicted molar refractivity (Wildman–Crippen MR) is 141 cm³/mol. The van der Waals surface area contributed by atoms with E-state index in [1.807, 2.05) is 0 Å². The fraction of sp³-hybridized carbons (Fsp3) is 0.704. The molecule has 0 saturated heterocycles. The Hall–Kier alpha value is -1.05. The van der Waals surface area contributed by atoms with Crippen molar-refractivity contribution in [1.29, 1.82) is 0 Å². The Balaban J connectivity index is 2.11. The second-order valence-corrected chi connectivity index (χ2v) is 21.3. The third kappa shape index (κ3) is 6.09. The van der Waals surface area contributed by atoms with Crippen molar-refractivity contribution in [2.75, 3.05) is 0 Å². The van der Waals surface area contributed by atoms with Gasteiger partial charge in [0.25, 0.3) is 0 Å². The quantitative estimate of drug-likeness (QED) is 0.216. The molecule has 0 aromatic heterocycles. The molecule has 3 unspecified atom stereocenters. The van der Waals surface area contributed by atoms with E-state index < -0.39 is 16.6 Å². The average Bonchev–Trinajstić information content (AvgIpc) is 2.57. The van der Waals surface area contributed by atoms with Crippen molar-refractivity contribution in [3.05, 3.63) is 34.9 Å². The molecule has 5 heteroatoms. The highest BCUT2D eigenvalue weighted by molar-refractivity contribution is 6.70. The molecular weight excluding hydrogens is 428 g/mol. The zero-order chi connectivity index (χ0) is 23.9. The summed E-state index contributed by atoms with van der Waals surface area (Å²) in [6, 6.07) is 4.63. The number of hydrogen-bond acceptors (Lipinski definition) is 3. The number of ether oxygens (including phenoxy) is 1. The number of benzene rings is 1. The van der Waals surface area contributed by atoms with Gasteiger partial charge in [0.1, 0.15) is 17.1 Å². The first-order valence-electron chi connectivity index (χ1n) is 12.6. The SMILES string of the molecule is CCCCCc1cc2c(c(O[Si](C)(C)C)c1)C1CC(C)=CC(O[Si](C)(C)C)C1C(C)(C)O2. The molecule has 0 fully saturated rings. The maximum atomic E-state index is 6.81. The van der Waals surface area contributed by atoms with Gasteiger partial charge in [0.05, 0.1) is 6.10 Å². The van der Waals surface area contributed by atoms with E-state index in [0.29, 0.717) is 5.92 Å². The molecule has 0 saturated carbocycles. The lowest BCUT2D eigenvalue weighted by Gasteiger charge is -2.51. The van der Waals surface area contributed by atoms with Gasteiger partial charge in [-0.2, -0.15) is 0 Å². The molecule has 3 rings (SSSR count). The predicted octanol–water partition coefficient (Wildman–Crippen LogP) is 8.07. The summed E-state index contributed by atoms with van der Waals surface area (Å²) in [4.78, 5) is 0. The largest absolute Gasteiger partial charge is 0.544 e. The van der Waals surface area contributed by atoms with Crippen LogP contribution in [0.5, 0.6) is 11.5 Å². The van der Waals surface area contributed by atoms with Crippen molar-refractivity contribution in [3.8, 4) is 11.5 Å². The second-order valence-electron chi connectivity index (χ2n) is 12.4. The van der Waals surface area contributed by atoms with Crippen LogP contribution in [0.4, 0.5) is 0 Å². The van der Waals surface area contributed by atoms with E-state index in [-0.39, 0.29) is 17.6 Å². The number of hydrogen-bond donors (Lipinski definition) is 0. The lowest BCUT2D eigenvalue weighted by atomic mass is 9.66. The summed E-state index contributed by atoms with van der Waals surface area (Å²) < 4.78 is 20.3. The minimum atomic E-state index is -1.78. The Bertz CT molecular complexity index is 846. The van der Waals surface area contributed by atoms with Gasteiger partial charge in [0, 0.05) is 17.4 Å². The molecule has 0 spiro atoms. The average molecular weight is 475 g/mol. The second kappa shape index (κ2) is 9.30. The van der Waals surface area contributed by atoms with Crippen LogP contribution in [-0.2, 0) is 10.8 Å². The molecule has 0 bridgehead atoms. The number of fused-ring (bicyclic) bond motifs is 3. The van der Waals surface area contributed by atoms with Gasteiger partial charge in [-0.25, -0.2) is 0 Å². The van der Waals surface area contributed by atoms with Crippen LogP contribution in [0, 0.1) is 5.92 Å². The van der Waals surface area contributed by atoms with Gasteiger partial charge in [-0.3, -0.25) is 0 Å². The lowest BCUT2D eigenvalue weighted by Crippen LogP contribution is -2.53. The molecule has 0 N–H and O–H groups in total. The van der Waals surface area contributed by atoms with Crippen LogP contribution in [0.25, 0.3) is 0 Å². The minimum absolute atomic E-state index is 0.0903. The third-order valence-corrected chi connectivity index (χ3v) is 8.27. The molecule has 0 amide bonds. The van der Waals surface area contributed by atoms with Crippen molar-refractivity contribution in [1.82, 2.24) is 0 Å². The van der Waals surface area contributed by atoms with Gasteiger partial charge in [-0.15, -0.1) is 0 Å². The van der Waals surface area contributed by atoms with E-state index in [1.54, 1.807) is 0 Å². The minimum Gasteiger partial charge on any atom is -0.544 e. The van der Waals surface area contributed by atoms with Crippen LogP contribution < -0.4 is 9.16 Å². The summed E-state index contributed by atoms with van der Waals surface area (Å²) in [5, 5.41) is 0. The first-order chi connectivity index (χ1) is 14.7. The summed E-state index contributed by atoms with van der Waals surface area (Å²) in [6.45, 7) is 22.7. The van der Waals surface area contributed by atoms with Gasteiger partial charge in [0.15, 0.2) is 8.32 Å². The maximum Gasteiger partial charge on any atom is 0.242 e. The zero-order valence-electron chi connectivity index (χ0n) is 22.2. The van der Waals surface area contributed by atoms with E-state index in [4.69, 9.17) is 13.6 Å². The van der Waals surface area contributed by atoms with Crippen LogP contribution in [0.15, 0.2) is 23.8 Å². The van der Waals surface area contributed by atoms with E-state index in [9.17, 15) is 0 Å². The third-order valence-electron chi connectivity index (χ3n) is 6.46. The van der Waals surface area contributed by atoms with Crippen molar-refractivity contribution < 1.29 is 13.6 Å². The summed E-state index contributed by atoms with van der Waals surface area (Å²) in [6.07, 6.45) is 8.30. The van der Waals surface area contributed by atoms with Crippen LogP contribution in [0.2, 0.25) is 39.3 Å². The van der Waals surface area contributed by atoms with Gasteiger partial charge >= 0.3 is 0 Å². The summed E-state index contributed by atoms with van der Waals surface area (Å²) in [5.41, 5.74) is 3.76. The van der Waals surface area contributed by atoms with Gasteiger partial charge in [-0.1, -0.05) is 31.4 Å². The van der Waals surface area contributed by atoms with Crippen LogP contribution in [-0.4, -0.2) is 28.3 Å². The standard InChI is InChI=1S/C27H46O3Si2/c1-11-12-13-14-20-17-22-25(23(18-20)29-31(5,6)7)21-15-19(2)16-24(30-32(8,9)10)26(21)27(3,4)28-22/h16-18,21,24,26H,11-15H2,1-10H3. The molecule has 3 atom stereocenters. The van der Waals surface area contributed by atoms with Crippen molar-refractivity contribution in [3.63, 3.8) is 0 Å². The Morgan fingerprint density at radius 3 is 2.31 bits per heavy atom. The highest BCUT2D eigenvalue weighted by atomic mass is 28.4. The Morgan fingerprint density at radius 1 is 1.03 bits per heavy atom. The number of aryl methyl sites for hydroxylation is 1. The maximum absolute atomic E-state index is 6.81. The number of unbranched alkanes of at least 4 members (excludes halogenated alkanes) is 2. The molecule has 1 aromatic rings. The molecular formula is C27H46O3Si2. The first-order valence-corrected chi connectivity index (χ1v) is 19.4. The smallest absolute Gasteiger partial charge is 0.242 e. The highest BCUT2D eigenvalue weighted by Crippen LogP contribution is 2.55. The lowest BCUT2D eigenvalue weighted by molar-refractivity contribution is -0.0400. The van der Waals surface area contributed by atoms with E-state index in [0.717, 1.165) is 24.3 Å². The van der Waals surface area contributed by atoms with Gasteiger partial charge in [0.2, 0.25) is 8.32 Å². The van der Waals surface area contributed by atoms with Crippen LogP contribution in [0.1, 0.15) is 70.4 Å². The molecule has 0 radical (unpaired) electrons. The molecule has 1 aliphatic carbocycles. The number of allylic oxidation sites excluding steroid dienone is 1. The summed E-state index contributed by atoms with van der Waals surface area (Å²) in [5.74, 6) is 2.75. The molecule has 1 heterocycles. The molecule has 2 aliphatic rings. The fourth-order valence-corrected chi connectivity index (χ4v) is 7.29. The topological polar surface area (TPSA) is 27.7 Å². The molecule has 32 heavy (non-hydrogen) atoms. The fourth-order valence-electron chi connectivity index (χ4n) is 5.43. The Kier molecular flexibility index (Phi) is 7.44.